The Morgan fingerprint density at radius 1 is 0.738 bits per heavy atom. The van der Waals surface area contributed by atoms with Gasteiger partial charge in [-0.15, -0.1) is 0 Å². The number of ether oxygens (including phenoxy) is 1. The number of hydrogen-bond acceptors (Lipinski definition) is 7. The third-order valence-corrected chi connectivity index (χ3v) is 6.40. The van der Waals surface area contributed by atoms with Crippen LogP contribution in [0.5, 0.6) is 5.75 Å². The minimum absolute atomic E-state index is 0.236. The summed E-state index contributed by atoms with van der Waals surface area (Å²) in [5, 5.41) is 4.16. The highest BCUT2D eigenvalue weighted by Crippen LogP contribution is 2.19. The number of carbonyl (C=O) groups is 2. The summed E-state index contributed by atoms with van der Waals surface area (Å²) in [6, 6.07) is 30.1. The molecule has 0 unspecified atom stereocenters. The summed E-state index contributed by atoms with van der Waals surface area (Å²) in [4.78, 5) is 29.1. The Kier molecular flexibility index (Phi) is 10.3. The van der Waals surface area contributed by atoms with Crippen LogP contribution in [0, 0.1) is 0 Å². The molecular weight excluding hydrogens is 528 g/mol. The van der Waals surface area contributed by atoms with Crippen molar-refractivity contribution in [1.82, 2.24) is 16.3 Å². The lowest BCUT2D eigenvalue weighted by atomic mass is 10.1. The first-order valence-corrected chi connectivity index (χ1v) is 13.5. The lowest BCUT2D eigenvalue weighted by molar-refractivity contribution is 0.0929. The molecule has 42 heavy (non-hydrogen) atoms. The molecule has 3 N–H and O–H groups in total. The lowest BCUT2D eigenvalue weighted by Crippen LogP contribution is -2.36. The zero-order chi connectivity index (χ0) is 29.9. The molecular formula is C33H36N6O3. The van der Waals surface area contributed by atoms with Gasteiger partial charge in [0.15, 0.2) is 0 Å². The Bertz CT molecular complexity index is 1500. The van der Waals surface area contributed by atoms with Crippen molar-refractivity contribution < 1.29 is 14.3 Å². The highest BCUT2D eigenvalue weighted by molar-refractivity contribution is 5.95. The fourth-order valence-electron chi connectivity index (χ4n) is 4.04. The Labute approximate surface area is 246 Å². The van der Waals surface area contributed by atoms with Gasteiger partial charge in [0.1, 0.15) is 12.4 Å². The number of hydrogen-bond donors (Lipinski definition) is 3. The molecule has 0 atom stereocenters. The quantitative estimate of drug-likeness (QED) is 0.172. The number of hydrazone groups is 1. The average molecular weight is 565 g/mol. The van der Waals surface area contributed by atoms with Crippen molar-refractivity contribution in [3.63, 3.8) is 0 Å². The van der Waals surface area contributed by atoms with Crippen molar-refractivity contribution in [1.29, 1.82) is 0 Å². The van der Waals surface area contributed by atoms with Gasteiger partial charge in [-0.2, -0.15) is 5.10 Å². The maximum Gasteiger partial charge on any atom is 0.271 e. The highest BCUT2D eigenvalue weighted by atomic mass is 16.5. The molecule has 0 radical (unpaired) electrons. The summed E-state index contributed by atoms with van der Waals surface area (Å²) in [5.74, 6) is 0.0898. The molecule has 4 aromatic rings. The molecule has 0 heterocycles. The van der Waals surface area contributed by atoms with Crippen LogP contribution in [0.4, 0.5) is 11.4 Å². The van der Waals surface area contributed by atoms with Gasteiger partial charge in [-0.05, 0) is 83.4 Å². The monoisotopic (exact) mass is 564 g/mol. The van der Waals surface area contributed by atoms with Crippen molar-refractivity contribution in [2.45, 2.75) is 13.2 Å². The zero-order valence-corrected chi connectivity index (χ0v) is 24.3. The molecule has 0 saturated carbocycles. The van der Waals surface area contributed by atoms with E-state index in [-0.39, 0.29) is 11.8 Å². The number of carbonyl (C=O) groups excluding carboxylic acids is 2. The number of amides is 2. The fraction of sp³-hybridized carbons (Fsp3) is 0.182. The largest absolute Gasteiger partial charge is 0.489 e. The van der Waals surface area contributed by atoms with E-state index in [1.807, 2.05) is 111 Å². The number of anilines is 2. The molecule has 0 bridgehead atoms. The van der Waals surface area contributed by atoms with E-state index in [2.05, 4.69) is 21.4 Å². The first kappa shape index (κ1) is 29.8. The molecule has 2 amide bonds. The van der Waals surface area contributed by atoms with Gasteiger partial charge in [0.25, 0.3) is 11.8 Å². The molecule has 0 aliphatic heterocycles. The van der Waals surface area contributed by atoms with Gasteiger partial charge in [0.05, 0.1) is 6.21 Å². The van der Waals surface area contributed by atoms with E-state index in [0.717, 1.165) is 28.1 Å². The van der Waals surface area contributed by atoms with E-state index in [9.17, 15) is 9.59 Å². The number of hydrazine groups is 1. The van der Waals surface area contributed by atoms with Gasteiger partial charge in [-0.1, -0.05) is 30.3 Å². The van der Waals surface area contributed by atoms with Crippen LogP contribution in [0.2, 0.25) is 0 Å². The van der Waals surface area contributed by atoms with Crippen molar-refractivity contribution in [3.8, 4) is 5.75 Å². The predicted molar refractivity (Wildman–Crippen MR) is 168 cm³/mol. The Balaban J connectivity index is 1.42. The molecule has 0 aromatic heterocycles. The summed E-state index contributed by atoms with van der Waals surface area (Å²) >= 11 is 0. The summed E-state index contributed by atoms with van der Waals surface area (Å²) < 4.78 is 6.06. The standard InChI is InChI=1S/C33H36N6O3/c1-38(2)29-14-10-27(11-15-29)32(40)36-34-21-25-18-26(20-31(19-25)42-23-24-8-6-5-7-9-24)22-35-37-33(41)28-12-16-30(17-13-28)39(3)4/h5-21,35H,22-23H2,1-4H3,(H,36,40)(H,37,41)/b34-21+. The van der Waals surface area contributed by atoms with Crippen LogP contribution in [-0.2, 0) is 13.2 Å². The Hall–Kier alpha value is -5.15. The van der Waals surface area contributed by atoms with E-state index in [1.54, 1.807) is 30.5 Å². The van der Waals surface area contributed by atoms with Gasteiger partial charge in [-0.25, -0.2) is 10.9 Å². The van der Waals surface area contributed by atoms with Gasteiger partial charge < -0.3 is 14.5 Å². The SMILES string of the molecule is CN(C)c1ccc(C(=O)N/N=C/c2cc(CNNC(=O)c3ccc(N(C)C)cc3)cc(OCc3ccccc3)c2)cc1. The summed E-state index contributed by atoms with van der Waals surface area (Å²) in [7, 11) is 7.79. The minimum Gasteiger partial charge on any atom is -0.489 e. The smallest absolute Gasteiger partial charge is 0.271 e. The molecule has 4 aromatic carbocycles. The summed E-state index contributed by atoms with van der Waals surface area (Å²) in [6.07, 6.45) is 1.57. The molecule has 0 aliphatic rings. The van der Waals surface area contributed by atoms with E-state index in [0.29, 0.717) is 30.0 Å². The van der Waals surface area contributed by atoms with Crippen LogP contribution in [0.3, 0.4) is 0 Å². The average Bonchev–Trinajstić information content (AvgIpc) is 3.00. The summed E-state index contributed by atoms with van der Waals surface area (Å²) in [5.41, 5.74) is 14.0. The maximum absolute atomic E-state index is 12.6. The lowest BCUT2D eigenvalue weighted by Gasteiger charge is -2.13. The van der Waals surface area contributed by atoms with Crippen LogP contribution in [0.25, 0.3) is 0 Å². The van der Waals surface area contributed by atoms with Crippen molar-refractivity contribution in [2.75, 3.05) is 38.0 Å². The minimum atomic E-state index is -0.309. The molecule has 0 spiro atoms. The van der Waals surface area contributed by atoms with Gasteiger partial charge >= 0.3 is 0 Å². The van der Waals surface area contributed by atoms with Crippen LogP contribution in [0.1, 0.15) is 37.4 Å². The number of nitrogens with zero attached hydrogens (tertiary/aromatic N) is 3. The fourth-order valence-corrected chi connectivity index (χ4v) is 4.04. The van der Waals surface area contributed by atoms with Crippen LogP contribution >= 0.6 is 0 Å². The second-order valence-corrected chi connectivity index (χ2v) is 10.1. The van der Waals surface area contributed by atoms with Gasteiger partial charge in [0, 0.05) is 57.2 Å². The maximum atomic E-state index is 12.6. The molecule has 4 rings (SSSR count). The first-order valence-electron chi connectivity index (χ1n) is 13.5. The van der Waals surface area contributed by atoms with E-state index < -0.39 is 0 Å². The number of rotatable bonds is 12. The van der Waals surface area contributed by atoms with Crippen molar-refractivity contribution in [3.05, 3.63) is 125 Å². The third kappa shape index (κ3) is 8.67. The van der Waals surface area contributed by atoms with E-state index in [4.69, 9.17) is 4.74 Å². The molecule has 9 heteroatoms. The van der Waals surface area contributed by atoms with Crippen molar-refractivity contribution in [2.24, 2.45) is 5.10 Å². The predicted octanol–water partition coefficient (Wildman–Crippen LogP) is 4.60. The van der Waals surface area contributed by atoms with Crippen molar-refractivity contribution >= 4 is 29.4 Å². The van der Waals surface area contributed by atoms with Gasteiger partial charge in [-0.3, -0.25) is 15.0 Å². The normalized spacial score (nSPS) is 10.8. The molecule has 0 aliphatic carbocycles. The molecule has 0 fully saturated rings. The Morgan fingerprint density at radius 3 is 1.93 bits per heavy atom. The van der Waals surface area contributed by atoms with E-state index >= 15 is 0 Å². The number of benzene rings is 4. The highest BCUT2D eigenvalue weighted by Gasteiger charge is 2.08. The van der Waals surface area contributed by atoms with Crippen LogP contribution < -0.4 is 30.8 Å². The molecule has 216 valence electrons. The van der Waals surface area contributed by atoms with Crippen LogP contribution in [-0.4, -0.2) is 46.2 Å². The Morgan fingerprint density at radius 2 is 1.33 bits per heavy atom. The zero-order valence-electron chi connectivity index (χ0n) is 24.3. The van der Waals surface area contributed by atoms with Gasteiger partial charge in [0.2, 0.25) is 0 Å². The second kappa shape index (κ2) is 14.5. The molecule has 9 nitrogen and oxygen atoms in total. The van der Waals surface area contributed by atoms with Crippen LogP contribution in [0.15, 0.2) is 102 Å². The molecule has 0 saturated heterocycles. The number of nitrogens with one attached hydrogen (secondary N) is 3. The third-order valence-electron chi connectivity index (χ3n) is 6.40. The second-order valence-electron chi connectivity index (χ2n) is 10.1. The summed E-state index contributed by atoms with van der Waals surface area (Å²) in [6.45, 7) is 0.739. The topological polar surface area (TPSA) is 98.3 Å². The van der Waals surface area contributed by atoms with E-state index in [1.165, 1.54) is 0 Å². The first-order chi connectivity index (χ1) is 20.3.